The second kappa shape index (κ2) is 1.16. The van der Waals surface area contributed by atoms with Crippen LogP contribution in [0.1, 0.15) is 0 Å². The molecule has 0 rings (SSSR count). The summed E-state index contributed by atoms with van der Waals surface area (Å²) >= 11 is 1.38. The molecule has 0 amide bonds. The molecule has 0 nitrogen and oxygen atoms in total. The Hall–Kier alpha value is 0.270. The van der Waals surface area contributed by atoms with E-state index in [1.807, 2.05) is 0 Å². The summed E-state index contributed by atoms with van der Waals surface area (Å²) in [5, 5.41) is -4.19. The van der Waals surface area contributed by atoms with E-state index in [-0.39, 0.29) is 0 Å². The largest absolute Gasteiger partial charge is 0.448 e. The first kappa shape index (κ1) is 5.27. The van der Waals surface area contributed by atoms with Crippen molar-refractivity contribution in [1.29, 1.82) is 0 Å². The minimum absolute atomic E-state index is 1.38. The average molecular weight is 150 g/mol. The third-order valence-corrected chi connectivity index (χ3v) is 0. The molecule has 0 aromatic heterocycles. The lowest BCUT2D eigenvalue weighted by molar-refractivity contribution is -0.0245. The van der Waals surface area contributed by atoms with Crippen molar-refractivity contribution in [3.63, 3.8) is 0 Å². The molecule has 0 N–H and O–H groups in total. The molecule has 0 unspecified atom stereocenters. The van der Waals surface area contributed by atoms with Crippen LogP contribution in [0, 0.1) is 0 Å². The van der Waals surface area contributed by atoms with Gasteiger partial charge in [-0.1, -0.05) is 0 Å². The average Bonchev–Trinajstić information content (AvgIpc) is 0.722. The molecule has 0 heterocycles. The fraction of sp³-hybridized carbons (Fsp3) is 1.00. The Morgan fingerprint density at radius 2 is 1.20 bits per heavy atom. The van der Waals surface area contributed by atoms with Gasteiger partial charge in [-0.3, -0.25) is 0 Å². The number of rotatable bonds is 0. The molecule has 0 spiro atoms. The maximum Gasteiger partial charge on any atom is 0.448 e. The Morgan fingerprint density at radius 1 is 1.20 bits per heavy atom. The Morgan fingerprint density at radius 3 is 1.20 bits per heavy atom. The van der Waals surface area contributed by atoms with Crippen LogP contribution in [-0.4, -0.2) is 5.09 Å². The van der Waals surface area contributed by atoms with E-state index in [1.54, 1.807) is 0 Å². The molecular formula is CBrF3. The van der Waals surface area contributed by atoms with E-state index < -0.39 is 5.09 Å². The molecule has 32 valence electrons. The third-order valence-electron chi connectivity index (χ3n) is 0. The first-order valence-corrected chi connectivity index (χ1v) is 1.55. The second-order valence-electron chi connectivity index (χ2n) is 0.429. The Kier molecular flexibility index (Phi) is 1.22. The smallest absolute Gasteiger partial charge is 0.160 e. The normalized spacial score (nSPS) is 12.0. The standard InChI is InChI=1S/CBrF3/c2-1(3,4)5/i1+1. The van der Waals surface area contributed by atoms with E-state index in [9.17, 15) is 13.2 Å². The van der Waals surface area contributed by atoms with E-state index in [0.717, 1.165) is 0 Å². The summed E-state index contributed by atoms with van der Waals surface area (Å²) < 4.78 is 30.8. The summed E-state index contributed by atoms with van der Waals surface area (Å²) in [6.07, 6.45) is 0. The van der Waals surface area contributed by atoms with Crippen molar-refractivity contribution in [3.05, 3.63) is 0 Å². The van der Waals surface area contributed by atoms with E-state index in [0.29, 0.717) is 0 Å². The van der Waals surface area contributed by atoms with Gasteiger partial charge in [-0.15, -0.1) is 0 Å². The van der Waals surface area contributed by atoms with Crippen molar-refractivity contribution in [1.82, 2.24) is 0 Å². The van der Waals surface area contributed by atoms with Crippen LogP contribution in [0.2, 0.25) is 0 Å². The summed E-state index contributed by atoms with van der Waals surface area (Å²) in [7, 11) is 0. The summed E-state index contributed by atoms with van der Waals surface area (Å²) in [6.45, 7) is 0. The zero-order chi connectivity index (χ0) is 4.50. The molecule has 0 aromatic carbocycles. The molecule has 0 saturated carbocycles. The quantitative estimate of drug-likeness (QED) is 0.365. The van der Waals surface area contributed by atoms with Gasteiger partial charge in [0.2, 0.25) is 0 Å². The van der Waals surface area contributed by atoms with E-state index in [2.05, 4.69) is 0 Å². The Balaban J connectivity index is 3.02. The SMILES string of the molecule is F[13C](F)(F)Br. The minimum Gasteiger partial charge on any atom is -0.160 e. The van der Waals surface area contributed by atoms with Crippen LogP contribution in [0.3, 0.4) is 0 Å². The predicted octanol–water partition coefficient (Wildman–Crippen LogP) is 1.90. The van der Waals surface area contributed by atoms with E-state index in [1.165, 1.54) is 15.9 Å². The fourth-order valence-corrected chi connectivity index (χ4v) is 0. The van der Waals surface area contributed by atoms with Crippen LogP contribution in [0.5, 0.6) is 0 Å². The van der Waals surface area contributed by atoms with Gasteiger partial charge in [-0.05, 0) is 0 Å². The number of alkyl halides is 4. The molecular weight excluding hydrogens is 150 g/mol. The predicted molar refractivity (Wildman–Crippen MR) is 15.0 cm³/mol. The van der Waals surface area contributed by atoms with E-state index >= 15 is 0 Å². The molecule has 0 atom stereocenters. The number of halogens is 4. The van der Waals surface area contributed by atoms with Crippen molar-refractivity contribution in [3.8, 4) is 0 Å². The monoisotopic (exact) mass is 149 g/mol. The Bertz CT molecular complexity index is 22.4. The van der Waals surface area contributed by atoms with Crippen LogP contribution in [0.15, 0.2) is 0 Å². The molecule has 0 aromatic rings. The van der Waals surface area contributed by atoms with Crippen LogP contribution < -0.4 is 0 Å². The first-order chi connectivity index (χ1) is 2.00. The topological polar surface area (TPSA) is 0 Å². The molecule has 5 heavy (non-hydrogen) atoms. The van der Waals surface area contributed by atoms with Crippen molar-refractivity contribution >= 4 is 15.9 Å². The van der Waals surface area contributed by atoms with Crippen molar-refractivity contribution < 1.29 is 13.2 Å². The Labute approximate surface area is 35.1 Å². The van der Waals surface area contributed by atoms with Gasteiger partial charge in [0, 0.05) is 15.9 Å². The van der Waals surface area contributed by atoms with Gasteiger partial charge in [0.15, 0.2) is 0 Å². The van der Waals surface area contributed by atoms with Gasteiger partial charge in [-0.25, -0.2) is 0 Å². The van der Waals surface area contributed by atoms with Gasteiger partial charge in [0.1, 0.15) is 0 Å². The zero-order valence-electron chi connectivity index (χ0n) is 2.01. The molecule has 0 saturated heterocycles. The lowest BCUT2D eigenvalue weighted by atomic mass is 12.5. The lowest BCUT2D eigenvalue weighted by Gasteiger charge is -1.85. The van der Waals surface area contributed by atoms with Crippen LogP contribution in [0.4, 0.5) is 13.2 Å². The highest BCUT2D eigenvalue weighted by Gasteiger charge is 2.19. The summed E-state index contributed by atoms with van der Waals surface area (Å²) in [6, 6.07) is 0. The van der Waals surface area contributed by atoms with Gasteiger partial charge in [-0.2, -0.15) is 13.2 Å². The lowest BCUT2D eigenvalue weighted by Crippen LogP contribution is -1.88. The molecule has 0 bridgehead atoms. The first-order valence-electron chi connectivity index (χ1n) is 0.756. The fourth-order valence-electron chi connectivity index (χ4n) is 0. The van der Waals surface area contributed by atoms with Crippen molar-refractivity contribution in [2.24, 2.45) is 0 Å². The van der Waals surface area contributed by atoms with Crippen molar-refractivity contribution in [2.75, 3.05) is 0 Å². The van der Waals surface area contributed by atoms with Crippen molar-refractivity contribution in [2.45, 2.75) is 5.09 Å². The van der Waals surface area contributed by atoms with E-state index in [4.69, 9.17) is 0 Å². The highest BCUT2D eigenvalue weighted by Crippen LogP contribution is 2.21. The highest BCUT2D eigenvalue weighted by molar-refractivity contribution is 9.09. The van der Waals surface area contributed by atoms with Crippen LogP contribution in [0.25, 0.3) is 0 Å². The van der Waals surface area contributed by atoms with Crippen LogP contribution >= 0.6 is 15.9 Å². The maximum absolute atomic E-state index is 10.3. The summed E-state index contributed by atoms with van der Waals surface area (Å²) in [5.41, 5.74) is 0. The van der Waals surface area contributed by atoms with Gasteiger partial charge >= 0.3 is 5.09 Å². The van der Waals surface area contributed by atoms with Crippen LogP contribution in [-0.2, 0) is 0 Å². The second-order valence-corrected chi connectivity index (χ2v) is 1.33. The summed E-state index contributed by atoms with van der Waals surface area (Å²) in [4.78, 5) is 0. The summed E-state index contributed by atoms with van der Waals surface area (Å²) in [5.74, 6) is 0. The molecule has 0 aliphatic heterocycles. The third kappa shape index (κ3) is 302. The molecule has 0 fully saturated rings. The minimum atomic E-state index is -4.19. The highest BCUT2D eigenvalue weighted by atomic mass is 79.9. The van der Waals surface area contributed by atoms with Gasteiger partial charge < -0.3 is 0 Å². The van der Waals surface area contributed by atoms with Gasteiger partial charge in [0.05, 0.1) is 0 Å². The molecule has 0 aliphatic rings. The zero-order valence-corrected chi connectivity index (χ0v) is 3.60. The molecule has 0 radical (unpaired) electrons. The number of hydrogen-bond acceptors (Lipinski definition) is 0. The molecule has 4 heteroatoms. The number of hydrogen-bond donors (Lipinski definition) is 0. The van der Waals surface area contributed by atoms with Gasteiger partial charge in [0.25, 0.3) is 0 Å². The molecule has 0 aliphatic carbocycles. The maximum atomic E-state index is 10.3.